The maximum Gasteiger partial charge on any atom is 0.494 e. The number of hydrogen-bond acceptors (Lipinski definition) is 9. The minimum atomic E-state index is -1.06. The van der Waals surface area contributed by atoms with Gasteiger partial charge in [0.1, 0.15) is 0 Å². The van der Waals surface area contributed by atoms with Crippen LogP contribution in [-0.2, 0) is 9.31 Å². The van der Waals surface area contributed by atoms with Crippen molar-refractivity contribution < 1.29 is 34.8 Å². The van der Waals surface area contributed by atoms with E-state index in [4.69, 9.17) is 9.31 Å². The van der Waals surface area contributed by atoms with Crippen LogP contribution >= 0.6 is 0 Å². The van der Waals surface area contributed by atoms with Gasteiger partial charge in [0, 0.05) is 11.1 Å². The molecule has 0 radical (unpaired) electrons. The van der Waals surface area contributed by atoms with Gasteiger partial charge in [-0.05, 0) is 39.2 Å². The second kappa shape index (κ2) is 8.58. The number of phenols is 5. The van der Waals surface area contributed by atoms with Crippen LogP contribution in [0.4, 0.5) is 0 Å². The first-order valence-electron chi connectivity index (χ1n) is 11.1. The summed E-state index contributed by atoms with van der Waals surface area (Å²) in [7, 11) is -0.552. The lowest BCUT2D eigenvalue weighted by Crippen LogP contribution is -2.41. The van der Waals surface area contributed by atoms with E-state index >= 15 is 0 Å². The Labute approximate surface area is 208 Å². The molecule has 0 unspecified atom stereocenters. The Kier molecular flexibility index (Phi) is 5.98. The summed E-state index contributed by atoms with van der Waals surface area (Å²) >= 11 is 0. The van der Waals surface area contributed by atoms with E-state index < -0.39 is 52.6 Å². The van der Waals surface area contributed by atoms with E-state index in [0.29, 0.717) is 11.3 Å². The fourth-order valence-corrected chi connectivity index (χ4v) is 3.84. The van der Waals surface area contributed by atoms with Crippen molar-refractivity contribution >= 4 is 24.7 Å². The van der Waals surface area contributed by atoms with Crippen LogP contribution in [0.15, 0.2) is 37.4 Å². The Bertz CT molecular complexity index is 1340. The minimum absolute atomic E-state index is 0.0412. The number of benzene rings is 2. The molecule has 0 bridgehead atoms. The van der Waals surface area contributed by atoms with Crippen LogP contribution in [0.2, 0.25) is 0 Å². The molecule has 186 valence electrons. The zero-order chi connectivity index (χ0) is 26.6. The van der Waals surface area contributed by atoms with E-state index in [9.17, 15) is 25.5 Å². The highest BCUT2D eigenvalue weighted by atomic mass is 16.7. The van der Waals surface area contributed by atoms with Crippen LogP contribution in [0.25, 0.3) is 34.8 Å². The van der Waals surface area contributed by atoms with Crippen LogP contribution in [0, 0.1) is 0 Å². The zero-order valence-electron chi connectivity index (χ0n) is 20.4. The summed E-state index contributed by atoms with van der Waals surface area (Å²) in [6, 6.07) is 7.18. The summed E-state index contributed by atoms with van der Waals surface area (Å²) in [5.74, 6) is -4.63. The summed E-state index contributed by atoms with van der Waals surface area (Å²) in [6.07, 6.45) is 2.83. The molecule has 0 aliphatic carbocycles. The zero-order valence-corrected chi connectivity index (χ0v) is 20.4. The SMILES string of the molecule is C=Cc1nc(-c2ccc(B3OC(C)(C)C(C)(C)O3)cc2)nc(-c2c(O)c(O)c(O)c(O)c2O)c1C=C. The summed E-state index contributed by atoms with van der Waals surface area (Å²) < 4.78 is 12.2. The van der Waals surface area contributed by atoms with Crippen molar-refractivity contribution in [1.82, 2.24) is 9.97 Å². The Morgan fingerprint density at radius 3 is 1.72 bits per heavy atom. The minimum Gasteiger partial charge on any atom is -0.504 e. The molecule has 1 aliphatic heterocycles. The number of rotatable bonds is 5. The van der Waals surface area contributed by atoms with E-state index in [1.807, 2.05) is 39.8 Å². The molecule has 1 aromatic heterocycles. The summed E-state index contributed by atoms with van der Waals surface area (Å²) in [5.41, 5.74) is 0.564. The fraction of sp³-hybridized carbons (Fsp3) is 0.231. The molecule has 0 atom stereocenters. The van der Waals surface area contributed by atoms with Gasteiger partial charge in [0.05, 0.1) is 28.2 Å². The van der Waals surface area contributed by atoms with Crippen LogP contribution in [-0.4, -0.2) is 53.8 Å². The Morgan fingerprint density at radius 1 is 0.750 bits per heavy atom. The maximum absolute atomic E-state index is 10.5. The molecular formula is C26H27BN2O7. The van der Waals surface area contributed by atoms with Gasteiger partial charge in [-0.3, -0.25) is 0 Å². The summed E-state index contributed by atoms with van der Waals surface area (Å²) in [4.78, 5) is 9.00. The highest BCUT2D eigenvalue weighted by molar-refractivity contribution is 6.62. The second-order valence-electron chi connectivity index (χ2n) is 9.43. The van der Waals surface area contributed by atoms with Crippen LogP contribution < -0.4 is 5.46 Å². The third-order valence-electron chi connectivity index (χ3n) is 6.67. The largest absolute Gasteiger partial charge is 0.504 e. The smallest absolute Gasteiger partial charge is 0.494 e. The van der Waals surface area contributed by atoms with E-state index in [-0.39, 0.29) is 17.1 Å². The number of aromatic hydroxyl groups is 5. The molecule has 0 spiro atoms. The van der Waals surface area contributed by atoms with Gasteiger partial charge in [0.15, 0.2) is 17.3 Å². The van der Waals surface area contributed by atoms with E-state index in [0.717, 1.165) is 5.46 Å². The van der Waals surface area contributed by atoms with Gasteiger partial charge < -0.3 is 34.8 Å². The predicted octanol–water partition coefficient (Wildman–Crippen LogP) is 3.92. The van der Waals surface area contributed by atoms with Crippen LogP contribution in [0.3, 0.4) is 0 Å². The molecular weight excluding hydrogens is 463 g/mol. The standard InChI is InChI=1S/C26H27BN2O7/c1-7-15-16(8-2)28-24(29-18(15)17-19(30)21(32)23(34)22(33)20(17)31)13-9-11-14(12-10-13)27-35-25(3,4)26(5,6)36-27/h7-12,30-34H,1-2H2,3-6H3. The lowest BCUT2D eigenvalue weighted by molar-refractivity contribution is 0.00578. The lowest BCUT2D eigenvalue weighted by Gasteiger charge is -2.32. The molecule has 10 heteroatoms. The molecule has 0 saturated carbocycles. The maximum atomic E-state index is 10.5. The lowest BCUT2D eigenvalue weighted by atomic mass is 9.79. The highest BCUT2D eigenvalue weighted by Crippen LogP contribution is 2.55. The Morgan fingerprint density at radius 2 is 1.25 bits per heavy atom. The topological polar surface area (TPSA) is 145 Å². The summed E-state index contributed by atoms with van der Waals surface area (Å²) in [6.45, 7) is 15.4. The van der Waals surface area contributed by atoms with Crippen LogP contribution in [0.5, 0.6) is 28.7 Å². The van der Waals surface area contributed by atoms with E-state index in [2.05, 4.69) is 23.1 Å². The van der Waals surface area contributed by atoms with E-state index in [1.54, 1.807) is 12.1 Å². The third kappa shape index (κ3) is 3.84. The second-order valence-corrected chi connectivity index (χ2v) is 9.43. The van der Waals surface area contributed by atoms with Gasteiger partial charge >= 0.3 is 7.12 Å². The first-order valence-corrected chi connectivity index (χ1v) is 11.1. The van der Waals surface area contributed by atoms with Crippen LogP contribution in [0.1, 0.15) is 39.0 Å². The number of phenolic OH excluding ortho intramolecular Hbond substituents is 5. The van der Waals surface area contributed by atoms with Gasteiger partial charge in [-0.2, -0.15) is 0 Å². The molecule has 0 amide bonds. The molecule has 36 heavy (non-hydrogen) atoms. The monoisotopic (exact) mass is 490 g/mol. The number of nitrogens with zero attached hydrogens (tertiary/aromatic N) is 2. The predicted molar refractivity (Wildman–Crippen MR) is 137 cm³/mol. The third-order valence-corrected chi connectivity index (χ3v) is 6.67. The van der Waals surface area contributed by atoms with Crippen molar-refractivity contribution in [2.24, 2.45) is 0 Å². The molecule has 1 fully saturated rings. The molecule has 3 aromatic rings. The molecule has 1 aliphatic rings. The van der Waals surface area contributed by atoms with Gasteiger partial charge in [-0.15, -0.1) is 0 Å². The van der Waals surface area contributed by atoms with Crippen molar-refractivity contribution in [3.8, 4) is 51.4 Å². The van der Waals surface area contributed by atoms with Crippen molar-refractivity contribution in [3.63, 3.8) is 0 Å². The van der Waals surface area contributed by atoms with Gasteiger partial charge in [0.2, 0.25) is 17.2 Å². The molecule has 2 heterocycles. The molecule has 4 rings (SSSR count). The first kappa shape index (κ1) is 25.1. The summed E-state index contributed by atoms with van der Waals surface area (Å²) in [5, 5.41) is 50.9. The fourth-order valence-electron chi connectivity index (χ4n) is 3.84. The van der Waals surface area contributed by atoms with Crippen molar-refractivity contribution in [3.05, 3.63) is 48.7 Å². The van der Waals surface area contributed by atoms with Crippen molar-refractivity contribution in [2.75, 3.05) is 0 Å². The molecule has 2 aromatic carbocycles. The average Bonchev–Trinajstić information content (AvgIpc) is 3.07. The molecule has 9 nitrogen and oxygen atoms in total. The Hall–Kier alpha value is -4.02. The van der Waals surface area contributed by atoms with Gasteiger partial charge in [-0.25, -0.2) is 9.97 Å². The normalized spacial score (nSPS) is 16.2. The molecule has 1 saturated heterocycles. The van der Waals surface area contributed by atoms with Crippen molar-refractivity contribution in [2.45, 2.75) is 38.9 Å². The Balaban J connectivity index is 1.84. The number of aromatic nitrogens is 2. The molecule has 5 N–H and O–H groups in total. The quantitative estimate of drug-likeness (QED) is 0.204. The van der Waals surface area contributed by atoms with Gasteiger partial charge in [-0.1, -0.05) is 43.5 Å². The first-order chi connectivity index (χ1) is 16.8. The van der Waals surface area contributed by atoms with E-state index in [1.165, 1.54) is 12.2 Å². The van der Waals surface area contributed by atoms with Gasteiger partial charge in [0.25, 0.3) is 0 Å². The van der Waals surface area contributed by atoms with Crippen molar-refractivity contribution in [1.29, 1.82) is 0 Å². The average molecular weight is 490 g/mol. The highest BCUT2D eigenvalue weighted by Gasteiger charge is 2.51. The number of hydrogen-bond donors (Lipinski definition) is 5.